The molecule has 0 atom stereocenters. The molecule has 0 heterocycles. The summed E-state index contributed by atoms with van der Waals surface area (Å²) < 4.78 is 11.6. The van der Waals surface area contributed by atoms with E-state index in [1.807, 2.05) is 26.0 Å². The molecule has 4 nitrogen and oxygen atoms in total. The van der Waals surface area contributed by atoms with Crippen LogP contribution in [0, 0.1) is 37.0 Å². The number of hydrogen-bond acceptors (Lipinski definition) is 4. The average Bonchev–Trinajstić information content (AvgIpc) is 2.93. The van der Waals surface area contributed by atoms with E-state index >= 15 is 0 Å². The smallest absolute Gasteiger partial charge is 0.345 e. The van der Waals surface area contributed by atoms with Crippen molar-refractivity contribution < 1.29 is 14.3 Å². The second kappa shape index (κ2) is 12.4. The fraction of sp³-hybridized carbons (Fsp3) is 0.176. The lowest BCUT2D eigenvalue weighted by atomic mass is 10.1. The first-order chi connectivity index (χ1) is 18.8. The summed E-state index contributed by atoms with van der Waals surface area (Å²) >= 11 is 0. The second-order valence-corrected chi connectivity index (χ2v) is 11.6. The highest BCUT2D eigenvalue weighted by Crippen LogP contribution is 2.35. The van der Waals surface area contributed by atoms with E-state index in [2.05, 4.69) is 78.6 Å². The Kier molecular flexibility index (Phi) is 8.77. The number of carbonyl (C=O) groups is 1. The van der Waals surface area contributed by atoms with E-state index in [1.165, 1.54) is 14.7 Å². The van der Waals surface area contributed by atoms with Crippen molar-refractivity contribution in [2.24, 2.45) is 0 Å². The summed E-state index contributed by atoms with van der Waals surface area (Å²) in [5.41, 5.74) is 2.23. The van der Waals surface area contributed by atoms with Gasteiger partial charge in [-0.1, -0.05) is 48.2 Å². The molecule has 0 aliphatic heterocycles. The third kappa shape index (κ3) is 7.32. The molecule has 4 aromatic rings. The Morgan fingerprint density at radius 1 is 0.795 bits per heavy atom. The minimum Gasteiger partial charge on any atom is -0.481 e. The van der Waals surface area contributed by atoms with Gasteiger partial charge < -0.3 is 9.47 Å². The minimum absolute atomic E-state index is 0.216. The van der Waals surface area contributed by atoms with Crippen molar-refractivity contribution in [3.63, 3.8) is 0 Å². The Morgan fingerprint density at radius 2 is 1.31 bits per heavy atom. The van der Waals surface area contributed by atoms with Crippen LogP contribution < -0.4 is 4.74 Å². The molecule has 0 N–H and O–H groups in total. The Bertz CT molecular complexity index is 1480. The number of ether oxygens (including phenoxy) is 2. The number of carbonyl (C=O) groups excluding carboxylic acids is 1. The lowest BCUT2D eigenvalue weighted by Gasteiger charge is -2.20. The van der Waals surface area contributed by atoms with Crippen LogP contribution in [0.15, 0.2) is 112 Å². The van der Waals surface area contributed by atoms with E-state index in [1.54, 1.807) is 38.1 Å². The van der Waals surface area contributed by atoms with E-state index in [9.17, 15) is 4.79 Å². The SMILES string of the molecule is Cc1cc([S+](c2ccccc2)c2ccccc2)cc(C)c1OCC(=O)OC(C)(C)C#Cc1ccc(C#N)cc1. The molecule has 5 heteroatoms. The maximum atomic E-state index is 12.6. The molecule has 0 unspecified atom stereocenters. The number of aryl methyl sites for hydroxylation is 2. The molecule has 4 aromatic carbocycles. The van der Waals surface area contributed by atoms with Gasteiger partial charge in [0.1, 0.15) is 5.75 Å². The van der Waals surface area contributed by atoms with Crippen molar-refractivity contribution in [1.82, 2.24) is 0 Å². The van der Waals surface area contributed by atoms with Gasteiger partial charge in [0.25, 0.3) is 0 Å². The Hall–Kier alpha value is -4.45. The minimum atomic E-state index is -0.998. The molecular weight excluding hydrogens is 502 g/mol. The number of hydrogen-bond donors (Lipinski definition) is 0. The Morgan fingerprint density at radius 3 is 1.82 bits per heavy atom. The molecule has 39 heavy (non-hydrogen) atoms. The molecule has 0 amide bonds. The summed E-state index contributed by atoms with van der Waals surface area (Å²) in [7, 11) is -0.268. The molecule has 0 bridgehead atoms. The first-order valence-electron chi connectivity index (χ1n) is 12.6. The van der Waals surface area contributed by atoms with Crippen molar-refractivity contribution in [3.8, 4) is 23.7 Å². The Labute approximate surface area is 233 Å². The van der Waals surface area contributed by atoms with Crippen molar-refractivity contribution in [3.05, 3.63) is 119 Å². The number of nitriles is 1. The molecule has 194 valence electrons. The van der Waals surface area contributed by atoms with Gasteiger partial charge in [-0.05, 0) is 87.4 Å². The van der Waals surface area contributed by atoms with Gasteiger partial charge in [0, 0.05) is 17.7 Å². The summed E-state index contributed by atoms with van der Waals surface area (Å²) in [6.45, 7) is 7.26. The van der Waals surface area contributed by atoms with Crippen molar-refractivity contribution in [1.29, 1.82) is 5.26 Å². The van der Waals surface area contributed by atoms with E-state index < -0.39 is 11.6 Å². The summed E-state index contributed by atoms with van der Waals surface area (Å²) in [6.07, 6.45) is 0. The zero-order chi connectivity index (χ0) is 27.8. The van der Waals surface area contributed by atoms with Crippen LogP contribution in [0.1, 0.15) is 36.1 Å². The van der Waals surface area contributed by atoms with Gasteiger partial charge in [-0.15, -0.1) is 0 Å². The maximum absolute atomic E-state index is 12.6. The van der Waals surface area contributed by atoms with Crippen LogP contribution in [0.25, 0.3) is 0 Å². The van der Waals surface area contributed by atoms with Crippen molar-refractivity contribution in [2.75, 3.05) is 6.61 Å². The largest absolute Gasteiger partial charge is 0.481 e. The molecule has 4 rings (SSSR count). The van der Waals surface area contributed by atoms with Crippen LogP contribution in [-0.2, 0) is 20.4 Å². The van der Waals surface area contributed by atoms with Crippen LogP contribution in [0.2, 0.25) is 0 Å². The standard InChI is InChI=1S/C34H30NO3S/c1-25-21-31(39(29-11-7-5-8-12-29)30-13-9-6-10-14-30)22-26(2)33(25)37-24-32(36)38-34(3,4)20-19-27-15-17-28(23-35)18-16-27/h5-18,21-22H,24H2,1-4H3/q+1. The van der Waals surface area contributed by atoms with E-state index in [0.717, 1.165) is 16.7 Å². The monoisotopic (exact) mass is 532 g/mol. The lowest BCUT2D eigenvalue weighted by molar-refractivity contribution is -0.154. The van der Waals surface area contributed by atoms with Gasteiger partial charge in [0.05, 0.1) is 22.5 Å². The third-order valence-electron chi connectivity index (χ3n) is 5.85. The lowest BCUT2D eigenvalue weighted by Crippen LogP contribution is -2.29. The van der Waals surface area contributed by atoms with Gasteiger partial charge in [-0.2, -0.15) is 5.26 Å². The maximum Gasteiger partial charge on any atom is 0.345 e. The quantitative estimate of drug-likeness (QED) is 0.146. The molecular formula is C34H30NO3S+. The highest BCUT2D eigenvalue weighted by atomic mass is 32.2. The molecule has 0 saturated carbocycles. The topological polar surface area (TPSA) is 59.3 Å². The fourth-order valence-corrected chi connectivity index (χ4v) is 6.36. The van der Waals surface area contributed by atoms with E-state index in [4.69, 9.17) is 14.7 Å². The van der Waals surface area contributed by atoms with Gasteiger partial charge in [0.15, 0.2) is 26.9 Å². The number of nitrogens with zero attached hydrogens (tertiary/aromatic N) is 1. The summed E-state index contributed by atoms with van der Waals surface area (Å²) in [6, 6.07) is 34.3. The molecule has 0 aromatic heterocycles. The van der Waals surface area contributed by atoms with Gasteiger partial charge in [0.2, 0.25) is 0 Å². The van der Waals surface area contributed by atoms with Crippen LogP contribution >= 0.6 is 0 Å². The molecule has 0 saturated heterocycles. The van der Waals surface area contributed by atoms with Crippen LogP contribution in [0.5, 0.6) is 5.75 Å². The van der Waals surface area contributed by atoms with Gasteiger partial charge in [-0.3, -0.25) is 0 Å². The molecule has 0 fully saturated rings. The first-order valence-corrected chi connectivity index (χ1v) is 13.8. The van der Waals surface area contributed by atoms with Crippen molar-refractivity contribution in [2.45, 2.75) is 48.0 Å². The van der Waals surface area contributed by atoms with Gasteiger partial charge >= 0.3 is 5.97 Å². The van der Waals surface area contributed by atoms with Crippen molar-refractivity contribution >= 4 is 16.9 Å². The predicted molar refractivity (Wildman–Crippen MR) is 155 cm³/mol. The van der Waals surface area contributed by atoms with E-state index in [-0.39, 0.29) is 17.5 Å². The number of rotatable bonds is 7. The summed E-state index contributed by atoms with van der Waals surface area (Å²) in [4.78, 5) is 16.3. The van der Waals surface area contributed by atoms with Crippen LogP contribution in [-0.4, -0.2) is 18.2 Å². The molecule has 0 aliphatic carbocycles. The highest BCUT2D eigenvalue weighted by molar-refractivity contribution is 7.97. The second-order valence-electron chi connectivity index (χ2n) is 9.53. The van der Waals surface area contributed by atoms with Crippen LogP contribution in [0.4, 0.5) is 0 Å². The molecule has 0 spiro atoms. The highest BCUT2D eigenvalue weighted by Gasteiger charge is 2.30. The normalized spacial score (nSPS) is 10.8. The molecule has 0 aliphatic rings. The third-order valence-corrected chi connectivity index (χ3v) is 8.05. The van der Waals surface area contributed by atoms with E-state index in [0.29, 0.717) is 11.3 Å². The number of esters is 1. The summed E-state index contributed by atoms with van der Waals surface area (Å²) in [5.74, 6) is 6.17. The zero-order valence-electron chi connectivity index (χ0n) is 22.5. The number of benzene rings is 4. The summed E-state index contributed by atoms with van der Waals surface area (Å²) in [5, 5.41) is 8.93. The zero-order valence-corrected chi connectivity index (χ0v) is 23.3. The Balaban J connectivity index is 1.47. The van der Waals surface area contributed by atoms with Crippen LogP contribution in [0.3, 0.4) is 0 Å². The average molecular weight is 533 g/mol. The van der Waals surface area contributed by atoms with Gasteiger partial charge in [-0.25, -0.2) is 4.79 Å². The predicted octanol–water partition coefficient (Wildman–Crippen LogP) is 7.02. The first kappa shape index (κ1) is 27.6. The molecule has 0 radical (unpaired) electrons. The fourth-order valence-electron chi connectivity index (χ4n) is 4.10.